The summed E-state index contributed by atoms with van der Waals surface area (Å²) < 4.78 is 0.763. The van der Waals surface area contributed by atoms with Crippen molar-refractivity contribution in [1.29, 1.82) is 0 Å². The third-order valence-corrected chi connectivity index (χ3v) is 3.75. The van der Waals surface area contributed by atoms with Crippen molar-refractivity contribution in [2.45, 2.75) is 25.9 Å². The molecule has 5 heteroatoms. The van der Waals surface area contributed by atoms with Gasteiger partial charge in [-0.25, -0.2) is 4.98 Å². The van der Waals surface area contributed by atoms with Gasteiger partial charge in [0.1, 0.15) is 9.34 Å². The predicted octanol–water partition coefficient (Wildman–Crippen LogP) is 1.97. The maximum Gasteiger partial charge on any atom is 0.113 e. The topological polar surface area (TPSA) is 42.1 Å². The molecule has 2 rings (SSSR count). The molecule has 2 unspecified atom stereocenters. The van der Waals surface area contributed by atoms with Gasteiger partial charge in [-0.3, -0.25) is 4.90 Å². The van der Waals surface area contributed by atoms with Gasteiger partial charge in [-0.1, -0.05) is 18.5 Å². The number of nitrogens with two attached hydrogens (primary N) is 1. The lowest BCUT2D eigenvalue weighted by atomic mass is 9.97. The van der Waals surface area contributed by atoms with Crippen molar-refractivity contribution in [3.8, 4) is 0 Å². The number of aromatic nitrogens is 1. The fourth-order valence-corrected chi connectivity index (χ4v) is 3.19. The summed E-state index contributed by atoms with van der Waals surface area (Å²) in [4.78, 5) is 6.63. The fourth-order valence-electron chi connectivity index (χ4n) is 2.19. The average molecular weight is 246 g/mol. The van der Waals surface area contributed by atoms with Crippen LogP contribution in [0, 0.1) is 5.92 Å². The maximum absolute atomic E-state index is 5.99. The summed E-state index contributed by atoms with van der Waals surface area (Å²) in [6.07, 6.45) is 2.85. The van der Waals surface area contributed by atoms with Gasteiger partial charge in [0.25, 0.3) is 0 Å². The number of hydrogen-bond acceptors (Lipinski definition) is 4. The van der Waals surface area contributed by atoms with Crippen LogP contribution in [0.1, 0.15) is 18.4 Å². The Kier molecular flexibility index (Phi) is 3.61. The lowest BCUT2D eigenvalue weighted by Gasteiger charge is -2.34. The van der Waals surface area contributed by atoms with Crippen molar-refractivity contribution in [3.05, 3.63) is 15.5 Å². The maximum atomic E-state index is 5.99. The molecular formula is C10H16ClN3S. The molecule has 1 aliphatic rings. The zero-order valence-corrected chi connectivity index (χ0v) is 10.4. The van der Waals surface area contributed by atoms with E-state index in [1.54, 1.807) is 17.5 Å². The second kappa shape index (κ2) is 4.78. The molecule has 0 aliphatic carbocycles. The summed E-state index contributed by atoms with van der Waals surface area (Å²) in [6.45, 7) is 5.22. The van der Waals surface area contributed by atoms with Gasteiger partial charge < -0.3 is 5.73 Å². The molecular weight excluding hydrogens is 230 g/mol. The normalized spacial score (nSPS) is 28.2. The van der Waals surface area contributed by atoms with Crippen LogP contribution in [-0.4, -0.2) is 29.0 Å². The Bertz CT molecular complexity index is 318. The van der Waals surface area contributed by atoms with E-state index >= 15 is 0 Å². The van der Waals surface area contributed by atoms with Crippen LogP contribution in [0.5, 0.6) is 0 Å². The molecule has 1 aliphatic heterocycles. The van der Waals surface area contributed by atoms with Gasteiger partial charge in [-0.15, -0.1) is 11.3 Å². The Morgan fingerprint density at radius 1 is 1.67 bits per heavy atom. The Labute approximate surface area is 99.2 Å². The number of piperidine rings is 1. The molecule has 1 aromatic heterocycles. The first-order valence-corrected chi connectivity index (χ1v) is 6.41. The first kappa shape index (κ1) is 11.3. The van der Waals surface area contributed by atoms with Crippen LogP contribution in [0.25, 0.3) is 0 Å². The standard InChI is InChI=1S/C10H16ClN3S/c1-7-2-8(12)5-14(4-7)6-10-13-3-9(11)15-10/h3,7-8H,2,4-6,12H2,1H3. The molecule has 1 saturated heterocycles. The molecule has 2 N–H and O–H groups in total. The third kappa shape index (κ3) is 3.14. The van der Waals surface area contributed by atoms with Crippen molar-refractivity contribution >= 4 is 22.9 Å². The molecule has 1 fully saturated rings. The Morgan fingerprint density at radius 3 is 3.07 bits per heavy atom. The largest absolute Gasteiger partial charge is 0.327 e. The molecule has 0 amide bonds. The SMILES string of the molecule is CC1CC(N)CN(Cc2ncc(Cl)s2)C1. The highest BCUT2D eigenvalue weighted by molar-refractivity contribution is 7.15. The van der Waals surface area contributed by atoms with Gasteiger partial charge in [0.2, 0.25) is 0 Å². The molecule has 1 aromatic rings. The highest BCUT2D eigenvalue weighted by atomic mass is 35.5. The van der Waals surface area contributed by atoms with E-state index in [2.05, 4.69) is 16.8 Å². The molecule has 84 valence electrons. The van der Waals surface area contributed by atoms with Gasteiger partial charge in [0.05, 0.1) is 12.7 Å². The minimum atomic E-state index is 0.309. The van der Waals surface area contributed by atoms with Crippen molar-refractivity contribution in [3.63, 3.8) is 0 Å². The minimum absolute atomic E-state index is 0.309. The van der Waals surface area contributed by atoms with E-state index in [9.17, 15) is 0 Å². The zero-order chi connectivity index (χ0) is 10.8. The lowest BCUT2D eigenvalue weighted by molar-refractivity contribution is 0.158. The minimum Gasteiger partial charge on any atom is -0.327 e. The summed E-state index contributed by atoms with van der Waals surface area (Å²) in [5.41, 5.74) is 5.99. The summed E-state index contributed by atoms with van der Waals surface area (Å²) in [5.74, 6) is 0.684. The molecule has 0 aromatic carbocycles. The van der Waals surface area contributed by atoms with Gasteiger partial charge in [0, 0.05) is 19.1 Å². The van der Waals surface area contributed by atoms with E-state index in [1.165, 1.54) is 0 Å². The van der Waals surface area contributed by atoms with Crippen molar-refractivity contribution in [1.82, 2.24) is 9.88 Å². The van der Waals surface area contributed by atoms with Crippen molar-refractivity contribution in [2.24, 2.45) is 11.7 Å². The second-order valence-electron chi connectivity index (χ2n) is 4.35. The van der Waals surface area contributed by atoms with Crippen LogP contribution in [-0.2, 0) is 6.54 Å². The van der Waals surface area contributed by atoms with Gasteiger partial charge in [0.15, 0.2) is 0 Å². The van der Waals surface area contributed by atoms with E-state index in [1.807, 2.05) is 0 Å². The van der Waals surface area contributed by atoms with Crippen molar-refractivity contribution < 1.29 is 0 Å². The fraction of sp³-hybridized carbons (Fsp3) is 0.700. The lowest BCUT2D eigenvalue weighted by Crippen LogP contribution is -2.45. The molecule has 0 spiro atoms. The van der Waals surface area contributed by atoms with E-state index in [-0.39, 0.29) is 0 Å². The summed E-state index contributed by atoms with van der Waals surface area (Å²) in [7, 11) is 0. The molecule has 2 atom stereocenters. The number of rotatable bonds is 2. The van der Waals surface area contributed by atoms with Crippen LogP contribution < -0.4 is 5.73 Å². The average Bonchev–Trinajstić information content (AvgIpc) is 2.49. The molecule has 0 bridgehead atoms. The smallest absolute Gasteiger partial charge is 0.113 e. The number of halogens is 1. The van der Waals surface area contributed by atoms with E-state index < -0.39 is 0 Å². The summed E-state index contributed by atoms with van der Waals surface area (Å²) in [5, 5.41) is 1.08. The Balaban J connectivity index is 1.94. The number of likely N-dealkylation sites (tertiary alicyclic amines) is 1. The highest BCUT2D eigenvalue weighted by Crippen LogP contribution is 2.22. The molecule has 15 heavy (non-hydrogen) atoms. The van der Waals surface area contributed by atoms with Crippen LogP contribution in [0.15, 0.2) is 6.20 Å². The second-order valence-corrected chi connectivity index (χ2v) is 6.10. The number of nitrogens with zero attached hydrogens (tertiary/aromatic N) is 2. The van der Waals surface area contributed by atoms with Crippen LogP contribution in [0.3, 0.4) is 0 Å². The highest BCUT2D eigenvalue weighted by Gasteiger charge is 2.22. The van der Waals surface area contributed by atoms with Crippen molar-refractivity contribution in [2.75, 3.05) is 13.1 Å². The molecule has 0 saturated carbocycles. The molecule has 3 nitrogen and oxygen atoms in total. The quantitative estimate of drug-likeness (QED) is 0.866. The van der Waals surface area contributed by atoms with Gasteiger partial charge >= 0.3 is 0 Å². The van der Waals surface area contributed by atoms with Gasteiger partial charge in [-0.2, -0.15) is 0 Å². The van der Waals surface area contributed by atoms with Crippen LogP contribution in [0.2, 0.25) is 4.34 Å². The van der Waals surface area contributed by atoms with E-state index in [0.717, 1.165) is 35.4 Å². The Hall–Kier alpha value is -0.160. The third-order valence-electron chi connectivity index (χ3n) is 2.65. The summed E-state index contributed by atoms with van der Waals surface area (Å²) >= 11 is 7.40. The predicted molar refractivity (Wildman–Crippen MR) is 64.2 cm³/mol. The summed E-state index contributed by atoms with van der Waals surface area (Å²) in [6, 6.07) is 0.309. The van der Waals surface area contributed by atoms with Crippen LogP contribution in [0.4, 0.5) is 0 Å². The van der Waals surface area contributed by atoms with E-state index in [0.29, 0.717) is 12.0 Å². The first-order chi connectivity index (χ1) is 7.13. The molecule has 0 radical (unpaired) electrons. The van der Waals surface area contributed by atoms with Gasteiger partial charge in [-0.05, 0) is 12.3 Å². The first-order valence-electron chi connectivity index (χ1n) is 5.21. The Morgan fingerprint density at radius 2 is 2.47 bits per heavy atom. The zero-order valence-electron chi connectivity index (χ0n) is 8.82. The number of thiazole rings is 1. The number of hydrogen-bond donors (Lipinski definition) is 1. The van der Waals surface area contributed by atoms with E-state index in [4.69, 9.17) is 17.3 Å². The van der Waals surface area contributed by atoms with Crippen LogP contribution >= 0.6 is 22.9 Å². The molecule has 2 heterocycles. The monoisotopic (exact) mass is 245 g/mol.